The molecule has 1 fully saturated rings. The number of aromatic nitrogens is 1. The highest BCUT2D eigenvalue weighted by Gasteiger charge is 2.23. The first kappa shape index (κ1) is 11.8. The number of carbonyl (C=O) groups is 1. The van der Waals surface area contributed by atoms with Gasteiger partial charge in [0, 0.05) is 32.3 Å². The average Bonchev–Trinajstić information content (AvgIpc) is 2.88. The molecule has 1 aliphatic rings. The Morgan fingerprint density at radius 3 is 2.72 bits per heavy atom. The predicted molar refractivity (Wildman–Crippen MR) is 69.6 cm³/mol. The summed E-state index contributed by atoms with van der Waals surface area (Å²) in [7, 11) is 1.87. The van der Waals surface area contributed by atoms with E-state index in [1.807, 2.05) is 22.6 Å². The topological polar surface area (TPSA) is 47.6 Å². The third-order valence-electron chi connectivity index (χ3n) is 3.22. The van der Waals surface area contributed by atoms with Crippen LogP contribution in [0.4, 0.5) is 0 Å². The van der Waals surface area contributed by atoms with Gasteiger partial charge in [0.1, 0.15) is 5.69 Å². The van der Waals surface area contributed by atoms with E-state index in [0.717, 1.165) is 11.1 Å². The Hall–Kier alpha value is -1.27. The summed E-state index contributed by atoms with van der Waals surface area (Å²) < 4.78 is 13.3. The van der Waals surface area contributed by atoms with E-state index < -0.39 is 0 Å². The zero-order chi connectivity index (χ0) is 12.7. The molecule has 1 aliphatic heterocycles. The summed E-state index contributed by atoms with van der Waals surface area (Å²) in [6, 6.07) is 3.66. The highest BCUT2D eigenvalue weighted by Crippen LogP contribution is 2.26. The first-order chi connectivity index (χ1) is 8.66. The van der Waals surface area contributed by atoms with Crippen molar-refractivity contribution in [3.8, 4) is 0 Å². The molecule has 0 bridgehead atoms. The quantitative estimate of drug-likeness (QED) is 0.809. The molecule has 5 nitrogen and oxygen atoms in total. The Morgan fingerprint density at radius 2 is 2.06 bits per heavy atom. The van der Waals surface area contributed by atoms with Crippen molar-refractivity contribution in [1.29, 1.82) is 0 Å². The molecule has 0 saturated carbocycles. The number of amides is 1. The summed E-state index contributed by atoms with van der Waals surface area (Å²) in [5, 5.41) is 0. The number of furan rings is 1. The predicted octanol–water partition coefficient (Wildman–Crippen LogP) is 2.01. The van der Waals surface area contributed by atoms with Crippen molar-refractivity contribution < 1.29 is 13.9 Å². The van der Waals surface area contributed by atoms with E-state index in [9.17, 15) is 4.79 Å². The molecule has 18 heavy (non-hydrogen) atoms. The SMILES string of the molecule is Cn1c(C(=O)N2CCOCC2)cc2oc(Br)cc21. The van der Waals surface area contributed by atoms with Gasteiger partial charge in [0.05, 0.1) is 18.7 Å². The van der Waals surface area contributed by atoms with Gasteiger partial charge in [-0.2, -0.15) is 0 Å². The van der Waals surface area contributed by atoms with Gasteiger partial charge in [-0.05, 0) is 15.9 Å². The second-order valence-corrected chi connectivity index (χ2v) is 5.07. The maximum atomic E-state index is 12.4. The molecule has 3 rings (SSSR count). The number of nitrogens with zero attached hydrogens (tertiary/aromatic N) is 2. The van der Waals surface area contributed by atoms with Gasteiger partial charge >= 0.3 is 0 Å². The van der Waals surface area contributed by atoms with Crippen molar-refractivity contribution in [2.45, 2.75) is 0 Å². The highest BCUT2D eigenvalue weighted by atomic mass is 79.9. The van der Waals surface area contributed by atoms with Crippen LogP contribution in [0.15, 0.2) is 21.2 Å². The lowest BCUT2D eigenvalue weighted by Crippen LogP contribution is -2.41. The Labute approximate surface area is 112 Å². The molecule has 0 aliphatic carbocycles. The normalized spacial score (nSPS) is 16.4. The fourth-order valence-electron chi connectivity index (χ4n) is 2.22. The molecule has 1 amide bonds. The smallest absolute Gasteiger partial charge is 0.270 e. The van der Waals surface area contributed by atoms with E-state index >= 15 is 0 Å². The minimum Gasteiger partial charge on any atom is -0.448 e. The lowest BCUT2D eigenvalue weighted by Gasteiger charge is -2.26. The standard InChI is InChI=1S/C12H13BrN2O3/c1-14-8-7-11(13)18-10(8)6-9(14)12(16)15-2-4-17-5-3-15/h6-7H,2-5H2,1H3. The van der Waals surface area contributed by atoms with Crippen LogP contribution in [0.25, 0.3) is 11.1 Å². The minimum absolute atomic E-state index is 0.0309. The zero-order valence-electron chi connectivity index (χ0n) is 9.98. The molecule has 0 aromatic carbocycles. The Kier molecular flexibility index (Phi) is 2.91. The molecule has 0 spiro atoms. The number of morpholine rings is 1. The van der Waals surface area contributed by atoms with E-state index in [1.54, 1.807) is 6.07 Å². The number of halogens is 1. The molecule has 0 atom stereocenters. The number of aryl methyl sites for hydroxylation is 1. The van der Waals surface area contributed by atoms with Gasteiger partial charge in [-0.1, -0.05) is 0 Å². The zero-order valence-corrected chi connectivity index (χ0v) is 11.6. The second-order valence-electron chi connectivity index (χ2n) is 4.29. The van der Waals surface area contributed by atoms with Crippen LogP contribution < -0.4 is 0 Å². The summed E-state index contributed by atoms with van der Waals surface area (Å²) in [5.41, 5.74) is 2.29. The van der Waals surface area contributed by atoms with Gasteiger partial charge in [0.25, 0.3) is 5.91 Å². The summed E-state index contributed by atoms with van der Waals surface area (Å²) in [6.07, 6.45) is 0. The van der Waals surface area contributed by atoms with Crippen molar-refractivity contribution >= 4 is 32.9 Å². The molecule has 0 N–H and O–H groups in total. The van der Waals surface area contributed by atoms with Gasteiger partial charge in [-0.3, -0.25) is 4.79 Å². The van der Waals surface area contributed by atoms with Gasteiger partial charge < -0.3 is 18.6 Å². The molecule has 6 heteroatoms. The number of rotatable bonds is 1. The summed E-state index contributed by atoms with van der Waals surface area (Å²) in [4.78, 5) is 14.2. The van der Waals surface area contributed by atoms with Crippen molar-refractivity contribution in [3.05, 3.63) is 22.5 Å². The van der Waals surface area contributed by atoms with Gasteiger partial charge in [-0.15, -0.1) is 0 Å². The van der Waals surface area contributed by atoms with Crippen molar-refractivity contribution in [1.82, 2.24) is 9.47 Å². The molecular weight excluding hydrogens is 300 g/mol. The monoisotopic (exact) mass is 312 g/mol. The molecule has 96 valence electrons. The summed E-state index contributed by atoms with van der Waals surface area (Å²) in [5.74, 6) is 0.0309. The van der Waals surface area contributed by atoms with Crippen LogP contribution in [0.1, 0.15) is 10.5 Å². The second kappa shape index (κ2) is 4.44. The highest BCUT2D eigenvalue weighted by molar-refractivity contribution is 9.10. The van der Waals surface area contributed by atoms with Crippen LogP contribution in [0.2, 0.25) is 0 Å². The fourth-order valence-corrected chi connectivity index (χ4v) is 2.61. The Bertz CT molecular complexity index is 596. The lowest BCUT2D eigenvalue weighted by molar-refractivity contribution is 0.0297. The third-order valence-corrected chi connectivity index (χ3v) is 3.61. The van der Waals surface area contributed by atoms with E-state index in [2.05, 4.69) is 15.9 Å². The number of hydrogen-bond acceptors (Lipinski definition) is 3. The van der Waals surface area contributed by atoms with Gasteiger partial charge in [0.15, 0.2) is 10.3 Å². The fraction of sp³-hybridized carbons (Fsp3) is 0.417. The molecule has 2 aromatic heterocycles. The molecule has 0 unspecified atom stereocenters. The maximum Gasteiger partial charge on any atom is 0.270 e. The van der Waals surface area contributed by atoms with Crippen LogP contribution in [-0.4, -0.2) is 41.7 Å². The molecule has 3 heterocycles. The Morgan fingerprint density at radius 1 is 1.33 bits per heavy atom. The van der Waals surface area contributed by atoms with Crippen molar-refractivity contribution in [3.63, 3.8) is 0 Å². The Balaban J connectivity index is 1.95. The lowest BCUT2D eigenvalue weighted by atomic mass is 10.3. The maximum absolute atomic E-state index is 12.4. The van der Waals surface area contributed by atoms with Crippen LogP contribution in [0, 0.1) is 0 Å². The number of hydrogen-bond donors (Lipinski definition) is 0. The summed E-state index contributed by atoms with van der Waals surface area (Å²) in [6.45, 7) is 2.51. The molecule has 2 aromatic rings. The first-order valence-corrected chi connectivity index (χ1v) is 6.58. The van der Waals surface area contributed by atoms with Crippen LogP contribution in [0.3, 0.4) is 0 Å². The largest absolute Gasteiger partial charge is 0.448 e. The molecule has 0 radical (unpaired) electrons. The minimum atomic E-state index is 0.0309. The van der Waals surface area contributed by atoms with Crippen LogP contribution >= 0.6 is 15.9 Å². The first-order valence-electron chi connectivity index (χ1n) is 5.78. The third kappa shape index (κ3) is 1.85. The van der Waals surface area contributed by atoms with Crippen molar-refractivity contribution in [2.75, 3.05) is 26.3 Å². The molecule has 1 saturated heterocycles. The number of fused-ring (bicyclic) bond motifs is 1. The van der Waals surface area contributed by atoms with Crippen LogP contribution in [0.5, 0.6) is 0 Å². The summed E-state index contributed by atoms with van der Waals surface area (Å²) >= 11 is 3.28. The van der Waals surface area contributed by atoms with E-state index in [4.69, 9.17) is 9.15 Å². The van der Waals surface area contributed by atoms with Gasteiger partial charge in [-0.25, -0.2) is 0 Å². The molecular formula is C12H13BrN2O3. The van der Waals surface area contributed by atoms with E-state index in [0.29, 0.717) is 36.7 Å². The van der Waals surface area contributed by atoms with Crippen molar-refractivity contribution in [2.24, 2.45) is 7.05 Å². The van der Waals surface area contributed by atoms with E-state index in [-0.39, 0.29) is 5.91 Å². The number of ether oxygens (including phenoxy) is 1. The number of carbonyl (C=O) groups excluding carboxylic acids is 1. The van der Waals surface area contributed by atoms with Gasteiger partial charge in [0.2, 0.25) is 0 Å². The van der Waals surface area contributed by atoms with Crippen LogP contribution in [-0.2, 0) is 11.8 Å². The van der Waals surface area contributed by atoms with E-state index in [1.165, 1.54) is 0 Å². The average molecular weight is 313 g/mol.